The van der Waals surface area contributed by atoms with Gasteiger partial charge in [0.15, 0.2) is 0 Å². The number of rotatable bonds is 2. The summed E-state index contributed by atoms with van der Waals surface area (Å²) in [6.45, 7) is 0.939. The molecule has 0 unspecified atom stereocenters. The third kappa shape index (κ3) is 2.26. The van der Waals surface area contributed by atoms with Crippen LogP contribution in [0.1, 0.15) is 43.6 Å². The molecule has 1 saturated carbocycles. The molecule has 2 fully saturated rings. The van der Waals surface area contributed by atoms with Gasteiger partial charge in [0, 0.05) is 31.1 Å². The van der Waals surface area contributed by atoms with E-state index >= 15 is 0 Å². The Morgan fingerprint density at radius 2 is 1.96 bits per heavy atom. The number of carbonyl (C=O) groups is 1. The number of fused-ring (bicyclic) bond motifs is 3. The van der Waals surface area contributed by atoms with Crippen molar-refractivity contribution in [1.29, 1.82) is 0 Å². The molecule has 3 atom stereocenters. The van der Waals surface area contributed by atoms with Crippen molar-refractivity contribution < 1.29 is 9.90 Å². The number of carbonyl (C=O) groups excluding carboxylic acids is 1. The molecular weight excluding hydrogens is 288 g/mol. The minimum absolute atomic E-state index is 0.0377. The zero-order chi connectivity index (χ0) is 16.0. The second kappa shape index (κ2) is 5.82. The lowest BCUT2D eigenvalue weighted by Crippen LogP contribution is -2.70. The summed E-state index contributed by atoms with van der Waals surface area (Å²) in [6, 6.07) is 8.62. The molecule has 0 radical (unpaired) electrons. The first-order valence-corrected chi connectivity index (χ1v) is 8.95. The molecule has 4 rings (SSSR count). The summed E-state index contributed by atoms with van der Waals surface area (Å²) in [5.74, 6) is 0.763. The molecule has 1 aromatic rings. The van der Waals surface area contributed by atoms with Gasteiger partial charge in [-0.05, 0) is 24.5 Å². The average molecular weight is 314 g/mol. The molecule has 1 N–H and O–H groups in total. The van der Waals surface area contributed by atoms with Crippen molar-refractivity contribution in [3.63, 3.8) is 0 Å². The third-order valence-electron chi connectivity index (χ3n) is 6.11. The van der Waals surface area contributed by atoms with Crippen LogP contribution >= 0.6 is 0 Å². The Morgan fingerprint density at radius 1 is 1.22 bits per heavy atom. The first kappa shape index (κ1) is 15.0. The Bertz CT molecular complexity index is 597. The van der Waals surface area contributed by atoms with Gasteiger partial charge in [-0.2, -0.15) is 0 Å². The highest BCUT2D eigenvalue weighted by molar-refractivity contribution is 5.82. The summed E-state index contributed by atoms with van der Waals surface area (Å²) in [5, 5.41) is 9.93. The van der Waals surface area contributed by atoms with E-state index in [1.165, 1.54) is 30.5 Å². The summed E-state index contributed by atoms with van der Waals surface area (Å²) in [6.07, 6.45) is 5.65. The second-order valence-electron chi connectivity index (χ2n) is 7.36. The number of aliphatic hydroxyl groups is 1. The van der Waals surface area contributed by atoms with Gasteiger partial charge in [0.05, 0.1) is 18.7 Å². The lowest BCUT2D eigenvalue weighted by molar-refractivity contribution is -0.156. The van der Waals surface area contributed by atoms with Crippen molar-refractivity contribution in [3.8, 4) is 0 Å². The molecule has 23 heavy (non-hydrogen) atoms. The van der Waals surface area contributed by atoms with Gasteiger partial charge in [0.1, 0.15) is 0 Å². The highest BCUT2D eigenvalue weighted by atomic mass is 16.3. The van der Waals surface area contributed by atoms with E-state index in [9.17, 15) is 9.90 Å². The lowest BCUT2D eigenvalue weighted by Gasteiger charge is -2.59. The molecule has 2 heterocycles. The molecular formula is C19H26N2O2. The molecule has 0 aromatic heterocycles. The summed E-state index contributed by atoms with van der Waals surface area (Å²) in [5.41, 5.74) is 2.54. The number of hydrogen-bond donors (Lipinski definition) is 1. The number of anilines is 1. The van der Waals surface area contributed by atoms with Gasteiger partial charge in [-0.25, -0.2) is 0 Å². The van der Waals surface area contributed by atoms with E-state index in [0.717, 1.165) is 19.4 Å². The second-order valence-corrected chi connectivity index (χ2v) is 7.36. The highest BCUT2D eigenvalue weighted by Gasteiger charge is 2.54. The number of aliphatic hydroxyl groups excluding tert-OH is 1. The van der Waals surface area contributed by atoms with Gasteiger partial charge < -0.3 is 14.9 Å². The summed E-state index contributed by atoms with van der Waals surface area (Å²) in [4.78, 5) is 17.3. The Balaban J connectivity index is 1.61. The number of amides is 1. The van der Waals surface area contributed by atoms with Crippen LogP contribution in [-0.4, -0.2) is 48.2 Å². The number of para-hydroxylation sites is 1. The van der Waals surface area contributed by atoms with Crippen LogP contribution in [0.15, 0.2) is 24.3 Å². The molecule has 3 aliphatic rings. The lowest BCUT2D eigenvalue weighted by atomic mass is 9.71. The van der Waals surface area contributed by atoms with Crippen LogP contribution in [0.25, 0.3) is 0 Å². The van der Waals surface area contributed by atoms with Gasteiger partial charge in [0.2, 0.25) is 5.91 Å². The van der Waals surface area contributed by atoms with Crippen molar-refractivity contribution in [2.75, 3.05) is 25.1 Å². The van der Waals surface area contributed by atoms with Crippen molar-refractivity contribution in [3.05, 3.63) is 29.8 Å². The van der Waals surface area contributed by atoms with Crippen molar-refractivity contribution in [1.82, 2.24) is 4.90 Å². The monoisotopic (exact) mass is 314 g/mol. The largest absolute Gasteiger partial charge is 0.394 e. The van der Waals surface area contributed by atoms with Crippen LogP contribution in [0.4, 0.5) is 5.69 Å². The fourth-order valence-corrected chi connectivity index (χ4v) is 4.95. The van der Waals surface area contributed by atoms with Crippen LogP contribution < -0.4 is 4.90 Å². The maximum atomic E-state index is 13.0. The topological polar surface area (TPSA) is 43.8 Å². The third-order valence-corrected chi connectivity index (χ3v) is 6.11. The van der Waals surface area contributed by atoms with Gasteiger partial charge >= 0.3 is 0 Å². The van der Waals surface area contributed by atoms with E-state index in [0.29, 0.717) is 5.92 Å². The number of benzene rings is 1. The molecule has 1 aliphatic carbocycles. The zero-order valence-corrected chi connectivity index (χ0v) is 13.8. The van der Waals surface area contributed by atoms with Crippen LogP contribution in [-0.2, 0) is 4.79 Å². The SMILES string of the molecule is CN1C[C@@H]2[C@H](c3ccccc31)[C@@H](CO)N2C(=O)C1CCCCC1. The van der Waals surface area contributed by atoms with E-state index in [1.54, 1.807) is 0 Å². The Labute approximate surface area is 138 Å². The van der Waals surface area contributed by atoms with E-state index in [-0.39, 0.29) is 30.5 Å². The minimum Gasteiger partial charge on any atom is -0.394 e. The highest BCUT2D eigenvalue weighted by Crippen LogP contribution is 2.48. The summed E-state index contributed by atoms with van der Waals surface area (Å²) >= 11 is 0. The maximum absolute atomic E-state index is 13.0. The zero-order valence-electron chi connectivity index (χ0n) is 13.8. The Morgan fingerprint density at radius 3 is 2.70 bits per heavy atom. The number of nitrogens with zero attached hydrogens (tertiary/aromatic N) is 2. The minimum atomic E-state index is -0.0377. The summed E-state index contributed by atoms with van der Waals surface area (Å²) in [7, 11) is 2.10. The van der Waals surface area contributed by atoms with Gasteiger partial charge in [0.25, 0.3) is 0 Å². The van der Waals surface area contributed by atoms with Gasteiger partial charge in [-0.3, -0.25) is 4.79 Å². The van der Waals surface area contributed by atoms with Crippen molar-refractivity contribution in [2.45, 2.75) is 50.1 Å². The number of likely N-dealkylation sites (N-methyl/N-ethyl adjacent to an activating group) is 1. The number of likely N-dealkylation sites (tertiary alicyclic amines) is 1. The van der Waals surface area contributed by atoms with Crippen molar-refractivity contribution in [2.24, 2.45) is 5.92 Å². The molecule has 124 valence electrons. The van der Waals surface area contributed by atoms with Crippen LogP contribution in [0.2, 0.25) is 0 Å². The Kier molecular flexibility index (Phi) is 3.80. The molecule has 2 aliphatic heterocycles. The first-order valence-electron chi connectivity index (χ1n) is 8.95. The summed E-state index contributed by atoms with van der Waals surface area (Å²) < 4.78 is 0. The molecule has 0 spiro atoms. The van der Waals surface area contributed by atoms with Gasteiger partial charge in [-0.15, -0.1) is 0 Å². The van der Waals surface area contributed by atoms with E-state index in [4.69, 9.17) is 0 Å². The predicted octanol–water partition coefficient (Wildman–Crippen LogP) is 2.37. The molecule has 1 saturated heterocycles. The smallest absolute Gasteiger partial charge is 0.226 e. The fourth-order valence-electron chi connectivity index (χ4n) is 4.95. The normalized spacial score (nSPS) is 30.4. The van der Waals surface area contributed by atoms with Gasteiger partial charge in [-0.1, -0.05) is 37.5 Å². The molecule has 4 nitrogen and oxygen atoms in total. The Hall–Kier alpha value is -1.55. The van der Waals surface area contributed by atoms with E-state index in [2.05, 4.69) is 36.2 Å². The van der Waals surface area contributed by atoms with Crippen LogP contribution in [0, 0.1) is 5.92 Å². The van der Waals surface area contributed by atoms with Crippen molar-refractivity contribution >= 4 is 11.6 Å². The fraction of sp³-hybridized carbons (Fsp3) is 0.632. The molecule has 4 heteroatoms. The van der Waals surface area contributed by atoms with Crippen LogP contribution in [0.3, 0.4) is 0 Å². The van der Waals surface area contributed by atoms with Crippen LogP contribution in [0.5, 0.6) is 0 Å². The standard InChI is InChI=1S/C19H26N2O2/c1-20-11-16-18(14-9-5-6-10-15(14)20)17(12-22)21(16)19(23)13-7-3-2-4-8-13/h5-6,9-10,13,16-18,22H,2-4,7-8,11-12H2,1H3/t16-,17-,18+/m1/s1. The first-order chi connectivity index (χ1) is 11.2. The maximum Gasteiger partial charge on any atom is 0.226 e. The van der Waals surface area contributed by atoms with E-state index in [1.807, 2.05) is 4.90 Å². The predicted molar refractivity (Wildman–Crippen MR) is 90.5 cm³/mol. The quantitative estimate of drug-likeness (QED) is 0.911. The molecule has 1 aromatic carbocycles. The van der Waals surface area contributed by atoms with E-state index < -0.39 is 0 Å². The molecule has 0 bridgehead atoms. The average Bonchev–Trinajstić information content (AvgIpc) is 2.58. The number of hydrogen-bond acceptors (Lipinski definition) is 3. The molecule has 1 amide bonds.